The van der Waals surface area contributed by atoms with Crippen molar-refractivity contribution in [2.24, 2.45) is 0 Å². The number of aromatic nitrogens is 3. The van der Waals surface area contributed by atoms with Gasteiger partial charge in [0, 0.05) is 47.8 Å². The fraction of sp³-hybridized carbons (Fsp3) is 0.344. The Kier molecular flexibility index (Phi) is 9.23. The Hall–Kier alpha value is -3.76. The van der Waals surface area contributed by atoms with Crippen LogP contribution in [0.1, 0.15) is 42.1 Å². The lowest BCUT2D eigenvalue weighted by atomic mass is 9.93. The molecule has 0 radical (unpaired) electrons. The maximum absolute atomic E-state index is 14.1. The molecule has 0 aliphatic heterocycles. The summed E-state index contributed by atoms with van der Waals surface area (Å²) in [6, 6.07) is 19.7. The van der Waals surface area contributed by atoms with Gasteiger partial charge in [0.25, 0.3) is 0 Å². The topological polar surface area (TPSA) is 91.3 Å². The second kappa shape index (κ2) is 13.0. The minimum absolute atomic E-state index is 0.126. The van der Waals surface area contributed by atoms with Gasteiger partial charge in [0.15, 0.2) is 5.16 Å². The van der Waals surface area contributed by atoms with E-state index in [0.29, 0.717) is 23.7 Å². The number of nitrogens with zero attached hydrogens (tertiary/aromatic N) is 5. The third-order valence-electron chi connectivity index (χ3n) is 7.51. The predicted octanol–water partition coefficient (Wildman–Crippen LogP) is 6.36. The Bertz CT molecular complexity index is 1510. The van der Waals surface area contributed by atoms with Crippen molar-refractivity contribution in [1.82, 2.24) is 19.9 Å². The van der Waals surface area contributed by atoms with E-state index in [-0.39, 0.29) is 24.1 Å². The molecule has 2 aromatic heterocycles. The molecule has 218 valence electrons. The molecule has 10 heteroatoms. The molecule has 0 atom stereocenters. The Morgan fingerprint density at radius 1 is 0.952 bits per heavy atom. The van der Waals surface area contributed by atoms with Gasteiger partial charge in [-0.1, -0.05) is 54.9 Å². The van der Waals surface area contributed by atoms with E-state index in [0.717, 1.165) is 46.2 Å². The van der Waals surface area contributed by atoms with Crippen molar-refractivity contribution >= 4 is 46.3 Å². The number of amides is 2. The van der Waals surface area contributed by atoms with Crippen LogP contribution in [0, 0.1) is 13.8 Å². The molecule has 4 aromatic rings. The normalized spacial score (nSPS) is 14.0. The zero-order valence-electron chi connectivity index (χ0n) is 24.5. The molecule has 0 saturated heterocycles. The third kappa shape index (κ3) is 6.82. The Balaban J connectivity index is 1.43. The van der Waals surface area contributed by atoms with E-state index < -0.39 is 5.54 Å². The van der Waals surface area contributed by atoms with Crippen molar-refractivity contribution in [2.45, 2.75) is 56.8 Å². The number of thiazole rings is 1. The molecule has 0 spiro atoms. The summed E-state index contributed by atoms with van der Waals surface area (Å²) in [6.45, 7) is 4.10. The number of aryl methyl sites for hydroxylation is 2. The highest BCUT2D eigenvalue weighted by Gasteiger charge is 2.48. The second-order valence-electron chi connectivity index (χ2n) is 10.8. The molecule has 2 amide bonds. The maximum atomic E-state index is 14.1. The molecule has 2 heterocycles. The average Bonchev–Trinajstić information content (AvgIpc) is 3.66. The van der Waals surface area contributed by atoms with Crippen molar-refractivity contribution in [1.29, 1.82) is 0 Å². The quantitative estimate of drug-likeness (QED) is 0.167. The number of carbonyl (C=O) groups is 2. The first-order chi connectivity index (χ1) is 20.2. The van der Waals surface area contributed by atoms with Gasteiger partial charge in [0.1, 0.15) is 10.5 Å². The molecule has 0 bridgehead atoms. The predicted molar refractivity (Wildman–Crippen MR) is 171 cm³/mol. The molecule has 2 aromatic carbocycles. The SMILES string of the molecule is Cc1cc(C)nc(SCC(=O)N(Cc2nc(-c3ccccc3)cs2)C2(C(=O)Nc3ccc(N(C)C)cc3)CCCC2)n1. The minimum atomic E-state index is -0.972. The lowest BCUT2D eigenvalue weighted by Gasteiger charge is -2.39. The highest BCUT2D eigenvalue weighted by Crippen LogP contribution is 2.39. The van der Waals surface area contributed by atoms with Gasteiger partial charge in [0.2, 0.25) is 11.8 Å². The highest BCUT2D eigenvalue weighted by atomic mass is 32.2. The monoisotopic (exact) mass is 600 g/mol. The zero-order chi connectivity index (χ0) is 29.7. The fourth-order valence-corrected chi connectivity index (χ4v) is 6.99. The number of rotatable bonds is 10. The van der Waals surface area contributed by atoms with Crippen LogP contribution in [0.4, 0.5) is 11.4 Å². The zero-order valence-corrected chi connectivity index (χ0v) is 26.1. The minimum Gasteiger partial charge on any atom is -0.378 e. The summed E-state index contributed by atoms with van der Waals surface area (Å²) < 4.78 is 0. The van der Waals surface area contributed by atoms with Crippen molar-refractivity contribution < 1.29 is 9.59 Å². The van der Waals surface area contributed by atoms with Crippen LogP contribution >= 0.6 is 23.1 Å². The molecule has 1 aliphatic rings. The van der Waals surface area contributed by atoms with Crippen LogP contribution in [0.15, 0.2) is 71.2 Å². The van der Waals surface area contributed by atoms with Gasteiger partial charge in [-0.2, -0.15) is 0 Å². The van der Waals surface area contributed by atoms with E-state index in [1.54, 1.807) is 4.90 Å². The van der Waals surface area contributed by atoms with E-state index in [1.165, 1.54) is 23.1 Å². The van der Waals surface area contributed by atoms with Crippen molar-refractivity contribution in [3.8, 4) is 11.3 Å². The molecule has 8 nitrogen and oxygen atoms in total. The third-order valence-corrected chi connectivity index (χ3v) is 9.18. The summed E-state index contributed by atoms with van der Waals surface area (Å²) in [4.78, 5) is 45.9. The van der Waals surface area contributed by atoms with Gasteiger partial charge >= 0.3 is 0 Å². The van der Waals surface area contributed by atoms with Gasteiger partial charge in [-0.25, -0.2) is 15.0 Å². The van der Waals surface area contributed by atoms with Crippen LogP contribution in [-0.4, -0.2) is 57.1 Å². The molecule has 1 fully saturated rings. The van der Waals surface area contributed by atoms with Gasteiger partial charge in [-0.15, -0.1) is 11.3 Å². The summed E-state index contributed by atoms with van der Waals surface area (Å²) >= 11 is 2.82. The Labute approximate surface area is 255 Å². The first-order valence-electron chi connectivity index (χ1n) is 14.1. The Morgan fingerprint density at radius 2 is 1.62 bits per heavy atom. The maximum Gasteiger partial charge on any atom is 0.250 e. The molecule has 0 unspecified atom stereocenters. The van der Waals surface area contributed by atoms with Crippen LogP contribution < -0.4 is 10.2 Å². The van der Waals surface area contributed by atoms with Gasteiger partial charge < -0.3 is 15.1 Å². The second-order valence-corrected chi connectivity index (χ2v) is 12.7. The number of carbonyl (C=O) groups excluding carboxylic acids is 2. The van der Waals surface area contributed by atoms with Crippen LogP contribution in [0.2, 0.25) is 0 Å². The van der Waals surface area contributed by atoms with Gasteiger partial charge in [0.05, 0.1) is 18.0 Å². The molecule has 42 heavy (non-hydrogen) atoms. The fourth-order valence-electron chi connectivity index (χ4n) is 5.37. The smallest absolute Gasteiger partial charge is 0.250 e. The lowest BCUT2D eigenvalue weighted by Crippen LogP contribution is -2.57. The number of anilines is 2. The van der Waals surface area contributed by atoms with Crippen LogP contribution in [0.25, 0.3) is 11.3 Å². The average molecular weight is 601 g/mol. The van der Waals surface area contributed by atoms with Crippen molar-refractivity contribution in [3.63, 3.8) is 0 Å². The molecule has 1 N–H and O–H groups in total. The van der Waals surface area contributed by atoms with E-state index >= 15 is 0 Å². The van der Waals surface area contributed by atoms with E-state index in [9.17, 15) is 9.59 Å². The van der Waals surface area contributed by atoms with Crippen LogP contribution in [0.3, 0.4) is 0 Å². The summed E-state index contributed by atoms with van der Waals surface area (Å²) in [5, 5.41) is 6.50. The number of hydrogen-bond acceptors (Lipinski definition) is 8. The summed E-state index contributed by atoms with van der Waals surface area (Å²) in [5.41, 5.74) is 4.39. The number of benzene rings is 2. The van der Waals surface area contributed by atoms with Crippen molar-refractivity contribution in [2.75, 3.05) is 30.1 Å². The first-order valence-corrected chi connectivity index (χ1v) is 15.9. The lowest BCUT2D eigenvalue weighted by molar-refractivity contribution is -0.144. The Morgan fingerprint density at radius 3 is 2.26 bits per heavy atom. The molecular weight excluding hydrogens is 565 g/mol. The number of thioether (sulfide) groups is 1. The standard InChI is InChI=1S/C32H36N6O2S2/c1-22-18-23(2)34-31(33-22)42-21-29(39)38(19-28-36-27(20-41-28)24-10-6-5-7-11-24)32(16-8-9-17-32)30(40)35-25-12-14-26(15-13-25)37(3)4/h5-7,10-15,18,20H,8-9,16-17,19,21H2,1-4H3,(H,35,40). The number of hydrogen-bond donors (Lipinski definition) is 1. The van der Waals surface area contributed by atoms with Gasteiger partial charge in [-0.3, -0.25) is 9.59 Å². The van der Waals surface area contributed by atoms with Crippen LogP contribution in [-0.2, 0) is 16.1 Å². The largest absolute Gasteiger partial charge is 0.378 e. The molecule has 1 saturated carbocycles. The van der Waals surface area contributed by atoms with E-state index in [2.05, 4.69) is 15.3 Å². The summed E-state index contributed by atoms with van der Waals surface area (Å²) in [5.74, 6) is -0.149. The summed E-state index contributed by atoms with van der Waals surface area (Å²) in [6.07, 6.45) is 2.94. The number of nitrogens with one attached hydrogen (secondary N) is 1. The van der Waals surface area contributed by atoms with Crippen LogP contribution in [0.5, 0.6) is 0 Å². The van der Waals surface area contributed by atoms with E-state index in [1.807, 2.05) is 98.9 Å². The van der Waals surface area contributed by atoms with Gasteiger partial charge in [-0.05, 0) is 57.0 Å². The van der Waals surface area contributed by atoms with Crippen molar-refractivity contribution in [3.05, 3.63) is 82.4 Å². The van der Waals surface area contributed by atoms with E-state index in [4.69, 9.17) is 4.98 Å². The highest BCUT2D eigenvalue weighted by molar-refractivity contribution is 7.99. The molecule has 1 aliphatic carbocycles. The molecular formula is C32H36N6O2S2. The first kappa shape index (κ1) is 29.7. The molecule has 5 rings (SSSR count). The summed E-state index contributed by atoms with van der Waals surface area (Å²) in [7, 11) is 3.96.